The summed E-state index contributed by atoms with van der Waals surface area (Å²) in [7, 11) is 0. The van der Waals surface area contributed by atoms with E-state index in [1.165, 1.54) is 6.42 Å². The highest BCUT2D eigenvalue weighted by Gasteiger charge is 2.28. The Morgan fingerprint density at radius 1 is 1.11 bits per heavy atom. The second kappa shape index (κ2) is 7.71. The minimum absolute atomic E-state index is 0.0838. The van der Waals surface area contributed by atoms with Crippen LogP contribution < -0.4 is 5.32 Å². The van der Waals surface area contributed by atoms with E-state index in [1.54, 1.807) is 4.40 Å². The predicted molar refractivity (Wildman–Crippen MR) is 104 cm³/mol. The summed E-state index contributed by atoms with van der Waals surface area (Å²) >= 11 is 0. The molecule has 1 saturated carbocycles. The predicted octanol–water partition coefficient (Wildman–Crippen LogP) is 3.27. The molecule has 2 amide bonds. The fraction of sp³-hybridized carbons (Fsp3) is 0.571. The second-order valence-corrected chi connectivity index (χ2v) is 8.05. The lowest BCUT2D eigenvalue weighted by Gasteiger charge is -2.30. The number of nitrogens with one attached hydrogen (secondary N) is 1. The Morgan fingerprint density at radius 3 is 2.70 bits per heavy atom. The summed E-state index contributed by atoms with van der Waals surface area (Å²) in [5, 5.41) is 3.13. The maximum Gasteiger partial charge on any atom is 0.290 e. The molecular formula is C21H28N4O2. The molecule has 1 unspecified atom stereocenters. The molecule has 2 fully saturated rings. The summed E-state index contributed by atoms with van der Waals surface area (Å²) in [6.07, 6.45) is 9.60. The molecule has 3 heterocycles. The number of likely N-dealkylation sites (tertiary alicyclic amines) is 1. The minimum atomic E-state index is -0.170. The van der Waals surface area contributed by atoms with E-state index in [-0.39, 0.29) is 17.9 Å². The van der Waals surface area contributed by atoms with Crippen LogP contribution in [0.3, 0.4) is 0 Å². The van der Waals surface area contributed by atoms with Gasteiger partial charge < -0.3 is 10.2 Å². The lowest BCUT2D eigenvalue weighted by atomic mass is 9.95. The van der Waals surface area contributed by atoms with Crippen LogP contribution in [-0.2, 0) is 0 Å². The van der Waals surface area contributed by atoms with Crippen molar-refractivity contribution < 1.29 is 9.59 Å². The number of hydrogen-bond donors (Lipinski definition) is 1. The van der Waals surface area contributed by atoms with Crippen molar-refractivity contribution in [2.75, 3.05) is 13.1 Å². The Labute approximate surface area is 159 Å². The zero-order chi connectivity index (χ0) is 18.8. The van der Waals surface area contributed by atoms with Crippen molar-refractivity contribution in [3.8, 4) is 0 Å². The van der Waals surface area contributed by atoms with Crippen LogP contribution in [-0.4, -0.2) is 45.2 Å². The van der Waals surface area contributed by atoms with Crippen LogP contribution in [0.2, 0.25) is 0 Å². The molecule has 1 atom stereocenters. The first kappa shape index (κ1) is 18.0. The molecule has 144 valence electrons. The van der Waals surface area contributed by atoms with Crippen LogP contribution in [0.25, 0.3) is 5.52 Å². The molecule has 0 radical (unpaired) electrons. The van der Waals surface area contributed by atoms with Crippen molar-refractivity contribution in [2.45, 2.75) is 57.9 Å². The second-order valence-electron chi connectivity index (χ2n) is 8.05. The molecule has 2 aliphatic rings. The van der Waals surface area contributed by atoms with Gasteiger partial charge in [0.15, 0.2) is 5.69 Å². The van der Waals surface area contributed by atoms with Gasteiger partial charge in [0.2, 0.25) is 5.82 Å². The molecule has 1 saturated heterocycles. The molecule has 1 aliphatic heterocycles. The third kappa shape index (κ3) is 3.70. The minimum Gasteiger partial charge on any atom is -0.348 e. The Kier molecular flexibility index (Phi) is 5.14. The maximum atomic E-state index is 13.1. The Morgan fingerprint density at radius 2 is 1.93 bits per heavy atom. The molecule has 0 bridgehead atoms. The monoisotopic (exact) mass is 368 g/mol. The van der Waals surface area contributed by atoms with Gasteiger partial charge >= 0.3 is 0 Å². The van der Waals surface area contributed by atoms with Crippen molar-refractivity contribution in [1.29, 1.82) is 0 Å². The molecule has 6 nitrogen and oxygen atoms in total. The average molecular weight is 368 g/mol. The topological polar surface area (TPSA) is 66.7 Å². The SMILES string of the molecule is CC1CCCN(C(=O)c2nc(C(=O)NC3CCCCC3)c3ccccn23)C1. The van der Waals surface area contributed by atoms with E-state index in [0.29, 0.717) is 23.0 Å². The normalized spacial score (nSPS) is 21.4. The van der Waals surface area contributed by atoms with Crippen LogP contribution in [0.1, 0.15) is 73.0 Å². The number of carbonyl (C=O) groups excluding carboxylic acids is 2. The number of fused-ring (bicyclic) bond motifs is 1. The first-order valence-corrected chi connectivity index (χ1v) is 10.2. The highest BCUT2D eigenvalue weighted by atomic mass is 16.2. The molecule has 4 rings (SSSR count). The van der Waals surface area contributed by atoms with E-state index in [0.717, 1.165) is 51.6 Å². The molecular weight excluding hydrogens is 340 g/mol. The summed E-state index contributed by atoms with van der Waals surface area (Å²) in [5.74, 6) is 0.590. The van der Waals surface area contributed by atoms with Crippen LogP contribution >= 0.6 is 0 Å². The first-order chi connectivity index (χ1) is 13.1. The molecule has 0 aromatic carbocycles. The Bertz CT molecular complexity index is 838. The van der Waals surface area contributed by atoms with E-state index in [9.17, 15) is 9.59 Å². The van der Waals surface area contributed by atoms with Gasteiger partial charge in [-0.25, -0.2) is 4.98 Å². The summed E-state index contributed by atoms with van der Waals surface area (Å²) < 4.78 is 1.76. The molecule has 2 aromatic heterocycles. The standard InChI is InChI=1S/C21H28N4O2/c1-15-8-7-12-24(14-15)21(27)19-23-18(17-11-5-6-13-25(17)19)20(26)22-16-9-3-2-4-10-16/h5-6,11,13,15-16H,2-4,7-10,12,14H2,1H3,(H,22,26). The van der Waals surface area contributed by atoms with Gasteiger partial charge in [-0.3, -0.25) is 14.0 Å². The van der Waals surface area contributed by atoms with Crippen molar-refractivity contribution in [1.82, 2.24) is 19.6 Å². The number of hydrogen-bond acceptors (Lipinski definition) is 3. The number of aromatic nitrogens is 2. The number of imidazole rings is 1. The number of amides is 2. The highest BCUT2D eigenvalue weighted by Crippen LogP contribution is 2.21. The van der Waals surface area contributed by atoms with Gasteiger partial charge in [0.05, 0.1) is 5.52 Å². The number of nitrogens with zero attached hydrogens (tertiary/aromatic N) is 3. The van der Waals surface area contributed by atoms with E-state index in [2.05, 4.69) is 17.2 Å². The molecule has 1 aliphatic carbocycles. The lowest BCUT2D eigenvalue weighted by molar-refractivity contribution is 0.0670. The van der Waals surface area contributed by atoms with E-state index >= 15 is 0 Å². The van der Waals surface area contributed by atoms with Crippen molar-refractivity contribution >= 4 is 17.3 Å². The van der Waals surface area contributed by atoms with Crippen molar-refractivity contribution in [3.63, 3.8) is 0 Å². The third-order valence-electron chi connectivity index (χ3n) is 5.84. The van der Waals surface area contributed by atoms with Crippen LogP contribution in [0.15, 0.2) is 24.4 Å². The van der Waals surface area contributed by atoms with Gasteiger partial charge in [-0.05, 0) is 43.7 Å². The summed E-state index contributed by atoms with van der Waals surface area (Å²) in [5.41, 5.74) is 1.05. The Hall–Kier alpha value is -2.37. The maximum absolute atomic E-state index is 13.1. The van der Waals surface area contributed by atoms with Gasteiger partial charge in [-0.2, -0.15) is 0 Å². The number of piperidine rings is 1. The number of rotatable bonds is 3. The fourth-order valence-electron chi connectivity index (χ4n) is 4.37. The zero-order valence-electron chi connectivity index (χ0n) is 16.0. The average Bonchev–Trinajstić information content (AvgIpc) is 3.08. The van der Waals surface area contributed by atoms with Gasteiger partial charge in [0.25, 0.3) is 11.8 Å². The summed E-state index contributed by atoms with van der Waals surface area (Å²) in [6, 6.07) is 5.82. The zero-order valence-corrected chi connectivity index (χ0v) is 16.0. The first-order valence-electron chi connectivity index (χ1n) is 10.2. The van der Waals surface area contributed by atoms with Crippen molar-refractivity contribution in [2.24, 2.45) is 5.92 Å². The van der Waals surface area contributed by atoms with E-state index in [1.807, 2.05) is 29.3 Å². The quantitative estimate of drug-likeness (QED) is 0.904. The molecule has 6 heteroatoms. The molecule has 2 aromatic rings. The van der Waals surface area contributed by atoms with Gasteiger partial charge in [0.1, 0.15) is 0 Å². The molecule has 1 N–H and O–H groups in total. The van der Waals surface area contributed by atoms with Crippen LogP contribution in [0, 0.1) is 5.92 Å². The van der Waals surface area contributed by atoms with Crippen molar-refractivity contribution in [3.05, 3.63) is 35.9 Å². The third-order valence-corrected chi connectivity index (χ3v) is 5.84. The van der Waals surface area contributed by atoms with Crippen LogP contribution in [0.4, 0.5) is 0 Å². The van der Waals surface area contributed by atoms with E-state index in [4.69, 9.17) is 0 Å². The van der Waals surface area contributed by atoms with Crippen LogP contribution in [0.5, 0.6) is 0 Å². The largest absolute Gasteiger partial charge is 0.348 e. The Balaban J connectivity index is 1.62. The van der Waals surface area contributed by atoms with E-state index < -0.39 is 0 Å². The number of pyridine rings is 1. The fourth-order valence-corrected chi connectivity index (χ4v) is 4.37. The highest BCUT2D eigenvalue weighted by molar-refractivity contribution is 6.02. The van der Waals surface area contributed by atoms with Gasteiger partial charge in [0, 0.05) is 25.3 Å². The number of carbonyl (C=O) groups is 2. The molecule has 0 spiro atoms. The summed E-state index contributed by atoms with van der Waals surface area (Å²) in [4.78, 5) is 32.4. The smallest absolute Gasteiger partial charge is 0.290 e. The summed E-state index contributed by atoms with van der Waals surface area (Å²) in [6.45, 7) is 3.69. The molecule has 27 heavy (non-hydrogen) atoms. The lowest BCUT2D eigenvalue weighted by Crippen LogP contribution is -2.40. The van der Waals surface area contributed by atoms with Gasteiger partial charge in [-0.15, -0.1) is 0 Å². The van der Waals surface area contributed by atoms with Gasteiger partial charge in [-0.1, -0.05) is 32.3 Å².